The van der Waals surface area contributed by atoms with Crippen LogP contribution in [-0.2, 0) is 6.54 Å². The summed E-state index contributed by atoms with van der Waals surface area (Å²) in [5.41, 5.74) is 0.218. The minimum Gasteiger partial charge on any atom is -0.406 e. The van der Waals surface area contributed by atoms with Crippen molar-refractivity contribution in [2.75, 3.05) is 18.0 Å². The highest BCUT2D eigenvalue weighted by Gasteiger charge is 2.31. The summed E-state index contributed by atoms with van der Waals surface area (Å²) < 4.78 is 40.2. The Hall–Kier alpha value is -2.84. The number of halogens is 3. The zero-order valence-corrected chi connectivity index (χ0v) is 13.8. The van der Waals surface area contributed by atoms with Crippen molar-refractivity contribution in [1.29, 1.82) is 0 Å². The van der Waals surface area contributed by atoms with Gasteiger partial charge in [0.05, 0.1) is 6.54 Å². The number of hydrogen-bond acceptors (Lipinski definition) is 5. The molecular formula is C17H17F3N4O2. The SMILES string of the molecule is O=C(NCc1nccc(N2CCCC2)n1)c1ccc(OC(F)(F)F)cc1. The molecule has 0 aliphatic carbocycles. The smallest absolute Gasteiger partial charge is 0.406 e. The molecule has 0 bridgehead atoms. The van der Waals surface area contributed by atoms with Crippen LogP contribution in [-0.4, -0.2) is 35.3 Å². The second kappa shape index (κ2) is 7.59. The fourth-order valence-electron chi connectivity index (χ4n) is 2.67. The van der Waals surface area contributed by atoms with Gasteiger partial charge in [-0.2, -0.15) is 0 Å². The predicted octanol–water partition coefficient (Wildman–Crippen LogP) is 2.91. The second-order valence-electron chi connectivity index (χ2n) is 5.78. The Morgan fingerprint density at radius 1 is 1.15 bits per heavy atom. The van der Waals surface area contributed by atoms with Gasteiger partial charge in [0.25, 0.3) is 5.91 Å². The average molecular weight is 366 g/mol. The molecule has 1 fully saturated rings. The Labute approximate surface area is 148 Å². The molecule has 1 aromatic heterocycles. The van der Waals surface area contributed by atoms with Gasteiger partial charge in [-0.25, -0.2) is 9.97 Å². The average Bonchev–Trinajstić information content (AvgIpc) is 3.14. The number of nitrogens with one attached hydrogen (secondary N) is 1. The van der Waals surface area contributed by atoms with Crippen LogP contribution in [0.3, 0.4) is 0 Å². The van der Waals surface area contributed by atoms with Gasteiger partial charge in [0.2, 0.25) is 0 Å². The van der Waals surface area contributed by atoms with Crippen LogP contribution < -0.4 is 15.0 Å². The van der Waals surface area contributed by atoms with Crippen molar-refractivity contribution in [1.82, 2.24) is 15.3 Å². The molecule has 1 aromatic carbocycles. The Kier molecular flexibility index (Phi) is 5.24. The molecule has 26 heavy (non-hydrogen) atoms. The number of aromatic nitrogens is 2. The maximum Gasteiger partial charge on any atom is 0.573 e. The summed E-state index contributed by atoms with van der Waals surface area (Å²) in [6, 6.07) is 6.53. The molecule has 0 spiro atoms. The minimum atomic E-state index is -4.76. The van der Waals surface area contributed by atoms with Gasteiger partial charge < -0.3 is 15.0 Å². The highest BCUT2D eigenvalue weighted by atomic mass is 19.4. The Balaban J connectivity index is 1.57. The third-order valence-corrected chi connectivity index (χ3v) is 3.88. The predicted molar refractivity (Wildman–Crippen MR) is 87.8 cm³/mol. The lowest BCUT2D eigenvalue weighted by Gasteiger charge is -2.16. The largest absolute Gasteiger partial charge is 0.573 e. The Morgan fingerprint density at radius 3 is 2.50 bits per heavy atom. The number of ether oxygens (including phenoxy) is 1. The van der Waals surface area contributed by atoms with E-state index in [9.17, 15) is 18.0 Å². The first-order valence-corrected chi connectivity index (χ1v) is 8.11. The summed E-state index contributed by atoms with van der Waals surface area (Å²) in [6.45, 7) is 2.03. The molecule has 9 heteroatoms. The lowest BCUT2D eigenvalue weighted by atomic mass is 10.2. The molecule has 0 radical (unpaired) electrons. The summed E-state index contributed by atoms with van der Waals surface area (Å²) in [5, 5.41) is 2.66. The Morgan fingerprint density at radius 2 is 1.85 bits per heavy atom. The van der Waals surface area contributed by atoms with Gasteiger partial charge in [0, 0.05) is 24.8 Å². The molecule has 2 aromatic rings. The van der Waals surface area contributed by atoms with Crippen LogP contribution in [0.4, 0.5) is 19.0 Å². The molecule has 138 valence electrons. The first-order valence-electron chi connectivity index (χ1n) is 8.11. The summed E-state index contributed by atoms with van der Waals surface area (Å²) >= 11 is 0. The summed E-state index contributed by atoms with van der Waals surface area (Å²) in [7, 11) is 0. The zero-order valence-electron chi connectivity index (χ0n) is 13.8. The highest BCUT2D eigenvalue weighted by Crippen LogP contribution is 2.22. The van der Waals surface area contributed by atoms with Crippen LogP contribution in [0.1, 0.15) is 29.0 Å². The molecule has 0 unspecified atom stereocenters. The summed E-state index contributed by atoms with van der Waals surface area (Å²) in [5.74, 6) is 0.490. The maximum atomic E-state index is 12.1. The van der Waals surface area contributed by atoms with E-state index in [0.29, 0.717) is 5.82 Å². The first-order chi connectivity index (χ1) is 12.4. The number of anilines is 1. The van der Waals surface area contributed by atoms with Gasteiger partial charge in [-0.1, -0.05) is 0 Å². The number of alkyl halides is 3. The molecule has 0 saturated carbocycles. The van der Waals surface area contributed by atoms with Gasteiger partial charge in [-0.3, -0.25) is 4.79 Å². The third kappa shape index (κ3) is 4.84. The number of hydrogen-bond donors (Lipinski definition) is 1. The van der Waals surface area contributed by atoms with Crippen molar-refractivity contribution in [2.45, 2.75) is 25.7 Å². The van der Waals surface area contributed by atoms with E-state index in [1.807, 2.05) is 6.07 Å². The molecule has 1 aliphatic rings. The standard InChI is InChI=1S/C17H17F3N4O2/c18-17(19,20)26-13-5-3-12(4-6-13)16(25)22-11-14-21-8-7-15(23-14)24-9-1-2-10-24/h3-8H,1-2,9-11H2,(H,22,25). The van der Waals surface area contributed by atoms with Crippen molar-refractivity contribution in [3.63, 3.8) is 0 Å². The van der Waals surface area contributed by atoms with E-state index >= 15 is 0 Å². The number of carbonyl (C=O) groups is 1. The zero-order chi connectivity index (χ0) is 18.6. The third-order valence-electron chi connectivity index (χ3n) is 3.88. The second-order valence-corrected chi connectivity index (χ2v) is 5.78. The fraction of sp³-hybridized carbons (Fsp3) is 0.353. The van der Waals surface area contributed by atoms with Crippen molar-refractivity contribution < 1.29 is 22.7 Å². The fourth-order valence-corrected chi connectivity index (χ4v) is 2.67. The van der Waals surface area contributed by atoms with Crippen LogP contribution >= 0.6 is 0 Å². The number of amides is 1. The quantitative estimate of drug-likeness (QED) is 0.881. The van der Waals surface area contributed by atoms with Crippen molar-refractivity contribution in [3.05, 3.63) is 47.9 Å². The molecule has 1 N–H and O–H groups in total. The molecular weight excluding hydrogens is 349 g/mol. The summed E-state index contributed by atoms with van der Waals surface area (Å²) in [6.07, 6.45) is -0.860. The molecule has 1 saturated heterocycles. The molecule has 3 rings (SSSR count). The lowest BCUT2D eigenvalue weighted by Crippen LogP contribution is -2.25. The van der Waals surface area contributed by atoms with Crippen LogP contribution in [0.5, 0.6) is 5.75 Å². The van der Waals surface area contributed by atoms with Crippen LogP contribution in [0.2, 0.25) is 0 Å². The number of benzene rings is 1. The van der Waals surface area contributed by atoms with Crippen molar-refractivity contribution >= 4 is 11.7 Å². The van der Waals surface area contributed by atoms with E-state index in [1.165, 1.54) is 12.1 Å². The van der Waals surface area contributed by atoms with Gasteiger partial charge in [0.1, 0.15) is 17.4 Å². The molecule has 0 atom stereocenters. The van der Waals surface area contributed by atoms with Gasteiger partial charge in [-0.05, 0) is 43.2 Å². The van der Waals surface area contributed by atoms with E-state index in [-0.39, 0.29) is 17.9 Å². The van der Waals surface area contributed by atoms with E-state index in [0.717, 1.165) is 43.9 Å². The highest BCUT2D eigenvalue weighted by molar-refractivity contribution is 5.94. The topological polar surface area (TPSA) is 67.4 Å². The van der Waals surface area contributed by atoms with Crippen molar-refractivity contribution in [2.24, 2.45) is 0 Å². The van der Waals surface area contributed by atoms with E-state index in [4.69, 9.17) is 0 Å². The van der Waals surface area contributed by atoms with E-state index in [1.54, 1.807) is 6.20 Å². The van der Waals surface area contributed by atoms with E-state index in [2.05, 4.69) is 24.9 Å². The van der Waals surface area contributed by atoms with Gasteiger partial charge in [0.15, 0.2) is 0 Å². The maximum absolute atomic E-state index is 12.1. The molecule has 2 heterocycles. The first kappa shape index (κ1) is 18.0. The van der Waals surface area contributed by atoms with Gasteiger partial charge in [-0.15, -0.1) is 13.2 Å². The Bertz CT molecular complexity index is 759. The van der Waals surface area contributed by atoms with Crippen LogP contribution in [0.25, 0.3) is 0 Å². The molecule has 1 aliphatic heterocycles. The van der Waals surface area contributed by atoms with Crippen molar-refractivity contribution in [3.8, 4) is 5.75 Å². The molecule has 6 nitrogen and oxygen atoms in total. The van der Waals surface area contributed by atoms with E-state index < -0.39 is 12.3 Å². The molecule has 1 amide bonds. The van der Waals surface area contributed by atoms with Gasteiger partial charge >= 0.3 is 6.36 Å². The normalized spacial score (nSPS) is 14.3. The van der Waals surface area contributed by atoms with Crippen LogP contribution in [0, 0.1) is 0 Å². The lowest BCUT2D eigenvalue weighted by molar-refractivity contribution is -0.274. The summed E-state index contributed by atoms with van der Waals surface area (Å²) in [4.78, 5) is 22.8. The number of carbonyl (C=O) groups excluding carboxylic acids is 1. The number of rotatable bonds is 5. The number of nitrogens with zero attached hydrogens (tertiary/aromatic N) is 3. The van der Waals surface area contributed by atoms with Crippen LogP contribution in [0.15, 0.2) is 36.5 Å². The monoisotopic (exact) mass is 366 g/mol. The minimum absolute atomic E-state index is 0.126.